The Kier molecular flexibility index (Phi) is 4.63. The summed E-state index contributed by atoms with van der Waals surface area (Å²) in [6.45, 7) is 2.02. The molecule has 2 aromatic carbocycles. The highest BCUT2D eigenvalue weighted by Gasteiger charge is 2.70. The third-order valence-corrected chi connectivity index (χ3v) is 6.81. The second kappa shape index (κ2) is 7.27. The van der Waals surface area contributed by atoms with E-state index in [0.29, 0.717) is 11.3 Å². The van der Waals surface area contributed by atoms with Crippen molar-refractivity contribution in [3.05, 3.63) is 65.2 Å². The number of amides is 3. The molecule has 0 radical (unpaired) electrons. The number of carboxylic acid groups (broad SMARTS) is 1. The van der Waals surface area contributed by atoms with Crippen LogP contribution in [-0.2, 0) is 31.3 Å². The lowest BCUT2D eigenvalue weighted by molar-refractivity contribution is -0.144. The molecule has 8 heteroatoms. The number of likely N-dealkylation sites (tertiary alicyclic amines) is 1. The normalized spacial score (nSPS) is 28.2. The van der Waals surface area contributed by atoms with Gasteiger partial charge in [0.15, 0.2) is 0 Å². The summed E-state index contributed by atoms with van der Waals surface area (Å²) >= 11 is 0. The lowest BCUT2D eigenvalue weighted by atomic mass is 9.76. The van der Waals surface area contributed by atoms with E-state index in [1.165, 1.54) is 4.90 Å². The molecule has 3 heterocycles. The van der Waals surface area contributed by atoms with Crippen molar-refractivity contribution in [1.29, 1.82) is 0 Å². The van der Waals surface area contributed by atoms with Crippen molar-refractivity contribution in [1.82, 2.24) is 10.2 Å². The molecule has 8 nitrogen and oxygen atoms in total. The second-order valence-corrected chi connectivity index (χ2v) is 8.75. The van der Waals surface area contributed by atoms with Gasteiger partial charge in [-0.15, -0.1) is 0 Å². The van der Waals surface area contributed by atoms with Gasteiger partial charge in [0.25, 0.3) is 0 Å². The van der Waals surface area contributed by atoms with Crippen LogP contribution in [0.5, 0.6) is 0 Å². The first-order chi connectivity index (χ1) is 15.3. The van der Waals surface area contributed by atoms with Crippen molar-refractivity contribution in [3.8, 4) is 0 Å². The molecule has 2 aromatic rings. The van der Waals surface area contributed by atoms with Crippen LogP contribution in [0, 0.1) is 18.8 Å². The second-order valence-electron chi connectivity index (χ2n) is 8.75. The van der Waals surface area contributed by atoms with E-state index in [2.05, 4.69) is 10.6 Å². The van der Waals surface area contributed by atoms with Crippen molar-refractivity contribution in [2.24, 2.45) is 11.8 Å². The van der Waals surface area contributed by atoms with Crippen LogP contribution in [-0.4, -0.2) is 39.7 Å². The van der Waals surface area contributed by atoms with E-state index < -0.39 is 35.3 Å². The summed E-state index contributed by atoms with van der Waals surface area (Å²) in [6.07, 6.45) is -0.0235. The van der Waals surface area contributed by atoms with Crippen molar-refractivity contribution in [2.75, 3.05) is 5.32 Å². The lowest BCUT2D eigenvalue weighted by Gasteiger charge is -2.29. The zero-order chi connectivity index (χ0) is 22.6. The van der Waals surface area contributed by atoms with E-state index in [0.717, 1.165) is 11.1 Å². The molecule has 2 saturated heterocycles. The molecule has 4 atom stereocenters. The molecule has 32 heavy (non-hydrogen) atoms. The van der Waals surface area contributed by atoms with Gasteiger partial charge in [-0.3, -0.25) is 29.4 Å². The summed E-state index contributed by atoms with van der Waals surface area (Å²) in [4.78, 5) is 52.9. The zero-order valence-corrected chi connectivity index (χ0v) is 17.5. The van der Waals surface area contributed by atoms with E-state index in [-0.39, 0.29) is 31.2 Å². The molecule has 0 aromatic heterocycles. The quantitative estimate of drug-likeness (QED) is 0.619. The third kappa shape index (κ3) is 2.86. The highest BCUT2D eigenvalue weighted by Crippen LogP contribution is 2.53. The molecule has 5 rings (SSSR count). The molecular weight excluding hydrogens is 410 g/mol. The van der Waals surface area contributed by atoms with Gasteiger partial charge in [-0.05, 0) is 25.0 Å². The Balaban J connectivity index is 1.59. The number of nitrogens with one attached hydrogen (secondary N) is 2. The number of carbonyl (C=O) groups is 4. The van der Waals surface area contributed by atoms with E-state index >= 15 is 0 Å². The minimum absolute atomic E-state index is 0.121. The standard InChI is InChI=1S/C24H23N3O5/c1-13-7-8-16-15(11-13)24(23(32)25-16)20-19(17(26-24)9-10-18(28)29)21(30)27(22(20)31)12-14-5-3-2-4-6-14/h2-8,11,17,19-20,26H,9-10,12H2,1H3,(H,25,32)(H,28,29)/t17-,19+,20+,24-/m0/s1. The maximum Gasteiger partial charge on any atom is 0.303 e. The third-order valence-electron chi connectivity index (χ3n) is 6.81. The Morgan fingerprint density at radius 1 is 1.09 bits per heavy atom. The van der Waals surface area contributed by atoms with Crippen LogP contribution in [0.3, 0.4) is 0 Å². The van der Waals surface area contributed by atoms with Gasteiger partial charge in [-0.1, -0.05) is 48.0 Å². The van der Waals surface area contributed by atoms with Crippen molar-refractivity contribution >= 4 is 29.4 Å². The fourth-order valence-electron chi connectivity index (χ4n) is 5.42. The van der Waals surface area contributed by atoms with Gasteiger partial charge < -0.3 is 10.4 Å². The number of hydrogen-bond donors (Lipinski definition) is 3. The Bertz CT molecular complexity index is 1150. The van der Waals surface area contributed by atoms with Gasteiger partial charge >= 0.3 is 5.97 Å². The Morgan fingerprint density at radius 3 is 2.56 bits per heavy atom. The Hall–Kier alpha value is -3.52. The molecule has 3 aliphatic heterocycles. The summed E-state index contributed by atoms with van der Waals surface area (Å²) in [5.41, 5.74) is 1.58. The first-order valence-corrected chi connectivity index (χ1v) is 10.6. The number of anilines is 1. The highest BCUT2D eigenvalue weighted by molar-refractivity contribution is 6.15. The van der Waals surface area contributed by atoms with Crippen LogP contribution in [0.25, 0.3) is 0 Å². The zero-order valence-electron chi connectivity index (χ0n) is 17.5. The molecule has 3 N–H and O–H groups in total. The number of fused-ring (bicyclic) bond motifs is 4. The van der Waals surface area contributed by atoms with Crippen LogP contribution in [0.1, 0.15) is 29.5 Å². The lowest BCUT2D eigenvalue weighted by Crippen LogP contribution is -2.53. The molecule has 2 fully saturated rings. The van der Waals surface area contributed by atoms with E-state index in [1.54, 1.807) is 6.07 Å². The molecule has 3 aliphatic rings. The number of nitrogens with zero attached hydrogens (tertiary/aromatic N) is 1. The van der Waals surface area contributed by atoms with Crippen molar-refractivity contribution in [3.63, 3.8) is 0 Å². The van der Waals surface area contributed by atoms with Crippen LogP contribution in [0.15, 0.2) is 48.5 Å². The van der Waals surface area contributed by atoms with Gasteiger partial charge in [-0.2, -0.15) is 0 Å². The molecule has 0 aliphatic carbocycles. The van der Waals surface area contributed by atoms with Crippen LogP contribution < -0.4 is 10.6 Å². The number of rotatable bonds is 5. The molecule has 1 spiro atoms. The topological polar surface area (TPSA) is 116 Å². The number of aryl methyl sites for hydroxylation is 1. The predicted molar refractivity (Wildman–Crippen MR) is 114 cm³/mol. The molecule has 0 unspecified atom stereocenters. The van der Waals surface area contributed by atoms with Crippen LogP contribution in [0.2, 0.25) is 0 Å². The molecule has 0 bridgehead atoms. The number of carboxylic acids is 1. The minimum atomic E-state index is -1.40. The first kappa shape index (κ1) is 20.4. The first-order valence-electron chi connectivity index (χ1n) is 10.6. The molecule has 3 amide bonds. The minimum Gasteiger partial charge on any atom is -0.481 e. The van der Waals surface area contributed by atoms with E-state index in [4.69, 9.17) is 0 Å². The number of carbonyl (C=O) groups excluding carboxylic acids is 3. The fraction of sp³-hybridized carbons (Fsp3) is 0.333. The monoisotopic (exact) mass is 433 g/mol. The maximum absolute atomic E-state index is 13.7. The van der Waals surface area contributed by atoms with E-state index in [9.17, 15) is 24.3 Å². The van der Waals surface area contributed by atoms with Gasteiger partial charge in [-0.25, -0.2) is 0 Å². The maximum atomic E-state index is 13.7. The summed E-state index contributed by atoms with van der Waals surface area (Å²) < 4.78 is 0. The van der Waals surface area contributed by atoms with Gasteiger partial charge in [0.05, 0.1) is 18.4 Å². The Labute approximate surface area is 184 Å². The number of hydrogen-bond acceptors (Lipinski definition) is 5. The number of aliphatic carboxylic acids is 1. The SMILES string of the molecule is Cc1ccc2c(c1)[C@@]1(N[C@@H](CCC(=O)O)[C@H]3C(=O)N(Cc4ccccc4)C(=O)[C@@H]31)C(=O)N2. The molecule has 0 saturated carbocycles. The van der Waals surface area contributed by atoms with Crippen LogP contribution >= 0.6 is 0 Å². The Morgan fingerprint density at radius 2 is 1.84 bits per heavy atom. The summed E-state index contributed by atoms with van der Waals surface area (Å²) in [5.74, 6) is -3.87. The largest absolute Gasteiger partial charge is 0.481 e. The smallest absolute Gasteiger partial charge is 0.303 e. The average molecular weight is 433 g/mol. The highest BCUT2D eigenvalue weighted by atomic mass is 16.4. The molecular formula is C24H23N3O5. The van der Waals surface area contributed by atoms with Gasteiger partial charge in [0.1, 0.15) is 5.54 Å². The summed E-state index contributed by atoms with van der Waals surface area (Å²) in [7, 11) is 0. The fourth-order valence-corrected chi connectivity index (χ4v) is 5.42. The summed E-state index contributed by atoms with van der Waals surface area (Å²) in [6, 6.07) is 14.1. The number of benzene rings is 2. The van der Waals surface area contributed by atoms with Crippen LogP contribution in [0.4, 0.5) is 5.69 Å². The molecule has 164 valence electrons. The number of imide groups is 1. The van der Waals surface area contributed by atoms with Crippen molar-refractivity contribution in [2.45, 2.75) is 37.9 Å². The summed E-state index contributed by atoms with van der Waals surface area (Å²) in [5, 5.41) is 15.3. The average Bonchev–Trinajstić information content (AvgIpc) is 3.34. The predicted octanol–water partition coefficient (Wildman–Crippen LogP) is 1.78. The van der Waals surface area contributed by atoms with Gasteiger partial charge in [0, 0.05) is 23.7 Å². The van der Waals surface area contributed by atoms with Gasteiger partial charge in [0.2, 0.25) is 17.7 Å². The van der Waals surface area contributed by atoms with Crippen molar-refractivity contribution < 1.29 is 24.3 Å². The van der Waals surface area contributed by atoms with E-state index in [1.807, 2.05) is 49.4 Å².